The first-order chi connectivity index (χ1) is 8.53. The molecule has 1 aromatic heterocycles. The highest BCUT2D eigenvalue weighted by atomic mass is 32.2. The average molecular weight is 265 g/mol. The SMILES string of the molecule is NS(=O)(=O)Cc1cccc(Nc2ncncn2)c1. The second-order valence-electron chi connectivity index (χ2n) is 3.59. The van der Waals surface area contributed by atoms with Crippen LogP contribution in [0.2, 0.25) is 0 Å². The van der Waals surface area contributed by atoms with Crippen molar-refractivity contribution >= 4 is 21.7 Å². The lowest BCUT2D eigenvalue weighted by Gasteiger charge is -2.05. The fourth-order valence-electron chi connectivity index (χ4n) is 1.40. The summed E-state index contributed by atoms with van der Waals surface area (Å²) in [4.78, 5) is 11.5. The van der Waals surface area contributed by atoms with Crippen molar-refractivity contribution in [1.29, 1.82) is 0 Å². The number of primary sulfonamides is 1. The fourth-order valence-corrected chi connectivity index (χ4v) is 2.05. The van der Waals surface area contributed by atoms with Crippen molar-refractivity contribution < 1.29 is 8.42 Å². The third kappa shape index (κ3) is 3.75. The van der Waals surface area contributed by atoms with Crippen LogP contribution in [0.1, 0.15) is 5.56 Å². The molecule has 0 aliphatic carbocycles. The number of benzene rings is 1. The number of aromatic nitrogens is 3. The summed E-state index contributed by atoms with van der Waals surface area (Å²) in [6, 6.07) is 6.86. The van der Waals surface area contributed by atoms with Gasteiger partial charge in [0.05, 0.1) is 5.75 Å². The lowest BCUT2D eigenvalue weighted by Crippen LogP contribution is -2.14. The first-order valence-electron chi connectivity index (χ1n) is 5.01. The second kappa shape index (κ2) is 5.07. The van der Waals surface area contributed by atoms with Crippen LogP contribution in [0, 0.1) is 0 Å². The van der Waals surface area contributed by atoms with Crippen molar-refractivity contribution in [3.8, 4) is 0 Å². The minimum absolute atomic E-state index is 0.209. The minimum Gasteiger partial charge on any atom is -0.324 e. The van der Waals surface area contributed by atoms with E-state index in [1.54, 1.807) is 24.3 Å². The highest BCUT2D eigenvalue weighted by molar-refractivity contribution is 7.88. The quantitative estimate of drug-likeness (QED) is 0.828. The summed E-state index contributed by atoms with van der Waals surface area (Å²) in [6.07, 6.45) is 2.73. The van der Waals surface area contributed by atoms with E-state index in [1.807, 2.05) is 0 Å². The number of nitrogens with one attached hydrogen (secondary N) is 1. The van der Waals surface area contributed by atoms with Gasteiger partial charge in [0, 0.05) is 5.69 Å². The zero-order valence-electron chi connectivity index (χ0n) is 9.31. The maximum absolute atomic E-state index is 11.0. The molecule has 2 rings (SSSR count). The van der Waals surface area contributed by atoms with Crippen LogP contribution >= 0.6 is 0 Å². The molecule has 0 saturated carbocycles. The Bertz CT molecular complexity index is 630. The number of hydrogen-bond donors (Lipinski definition) is 2. The van der Waals surface area contributed by atoms with E-state index in [0.717, 1.165) is 0 Å². The van der Waals surface area contributed by atoms with Gasteiger partial charge >= 0.3 is 0 Å². The highest BCUT2D eigenvalue weighted by Gasteiger charge is 2.05. The van der Waals surface area contributed by atoms with E-state index in [0.29, 0.717) is 17.2 Å². The van der Waals surface area contributed by atoms with Gasteiger partial charge in [-0.15, -0.1) is 0 Å². The van der Waals surface area contributed by atoms with E-state index < -0.39 is 10.0 Å². The molecule has 1 heterocycles. The molecule has 0 fully saturated rings. The molecule has 7 nitrogen and oxygen atoms in total. The monoisotopic (exact) mass is 265 g/mol. The Morgan fingerprint density at radius 3 is 2.61 bits per heavy atom. The predicted molar refractivity (Wildman–Crippen MR) is 66.4 cm³/mol. The summed E-state index contributed by atoms with van der Waals surface area (Å²) < 4.78 is 22.0. The van der Waals surface area contributed by atoms with Crippen molar-refractivity contribution in [3.05, 3.63) is 42.5 Å². The summed E-state index contributed by atoms with van der Waals surface area (Å²) in [5.41, 5.74) is 1.28. The molecule has 0 aliphatic rings. The number of nitrogens with zero attached hydrogens (tertiary/aromatic N) is 3. The van der Waals surface area contributed by atoms with Crippen LogP contribution in [0.4, 0.5) is 11.6 Å². The van der Waals surface area contributed by atoms with Gasteiger partial charge in [0.2, 0.25) is 16.0 Å². The van der Waals surface area contributed by atoms with Crippen LogP contribution < -0.4 is 10.5 Å². The lowest BCUT2D eigenvalue weighted by atomic mass is 10.2. The first kappa shape index (κ1) is 12.4. The van der Waals surface area contributed by atoms with Gasteiger partial charge in [-0.1, -0.05) is 12.1 Å². The van der Waals surface area contributed by atoms with Crippen molar-refractivity contribution in [2.24, 2.45) is 5.14 Å². The topological polar surface area (TPSA) is 111 Å². The molecule has 3 N–H and O–H groups in total. The standard InChI is InChI=1S/C10H11N5O2S/c11-18(16,17)5-8-2-1-3-9(4-8)15-10-13-6-12-7-14-10/h1-4,6-7H,5H2,(H2,11,16,17)(H,12,13,14,15). The zero-order chi connectivity index (χ0) is 13.0. The molecule has 2 aromatic rings. The largest absolute Gasteiger partial charge is 0.324 e. The number of nitrogens with two attached hydrogens (primary N) is 1. The molecule has 0 bridgehead atoms. The van der Waals surface area contributed by atoms with Gasteiger partial charge in [-0.3, -0.25) is 0 Å². The normalized spacial score (nSPS) is 11.2. The Morgan fingerprint density at radius 2 is 1.94 bits per heavy atom. The zero-order valence-corrected chi connectivity index (χ0v) is 10.1. The molecule has 1 aromatic carbocycles. The molecule has 0 atom stereocenters. The van der Waals surface area contributed by atoms with E-state index in [4.69, 9.17) is 5.14 Å². The van der Waals surface area contributed by atoms with Crippen LogP contribution in [-0.4, -0.2) is 23.4 Å². The van der Waals surface area contributed by atoms with Crippen LogP contribution in [0.25, 0.3) is 0 Å². The van der Waals surface area contributed by atoms with Gasteiger partial charge in [0.25, 0.3) is 0 Å². The molecule has 0 radical (unpaired) electrons. The van der Waals surface area contributed by atoms with Gasteiger partial charge in [0.1, 0.15) is 12.7 Å². The highest BCUT2D eigenvalue weighted by Crippen LogP contribution is 2.15. The first-order valence-corrected chi connectivity index (χ1v) is 6.73. The molecule has 18 heavy (non-hydrogen) atoms. The molecule has 8 heteroatoms. The number of rotatable bonds is 4. The summed E-state index contributed by atoms with van der Waals surface area (Å²) in [5, 5.41) is 7.92. The van der Waals surface area contributed by atoms with E-state index in [2.05, 4.69) is 20.3 Å². The van der Waals surface area contributed by atoms with Crippen LogP contribution in [-0.2, 0) is 15.8 Å². The van der Waals surface area contributed by atoms with Crippen LogP contribution in [0.15, 0.2) is 36.9 Å². The van der Waals surface area contributed by atoms with Crippen molar-refractivity contribution in [1.82, 2.24) is 15.0 Å². The van der Waals surface area contributed by atoms with Crippen LogP contribution in [0.5, 0.6) is 0 Å². The molecular formula is C10H11N5O2S. The van der Waals surface area contributed by atoms with Crippen LogP contribution in [0.3, 0.4) is 0 Å². The Balaban J connectivity index is 2.18. The summed E-state index contributed by atoms with van der Waals surface area (Å²) in [6.45, 7) is 0. The minimum atomic E-state index is -3.54. The Hall–Kier alpha value is -2.06. The van der Waals surface area contributed by atoms with Crippen molar-refractivity contribution in [3.63, 3.8) is 0 Å². The maximum atomic E-state index is 11.0. The number of sulfonamides is 1. The summed E-state index contributed by atoms with van der Waals surface area (Å²) in [7, 11) is -3.54. The number of anilines is 2. The van der Waals surface area contributed by atoms with E-state index in [1.165, 1.54) is 12.7 Å². The molecule has 0 unspecified atom stereocenters. The number of hydrogen-bond acceptors (Lipinski definition) is 6. The maximum Gasteiger partial charge on any atom is 0.230 e. The fraction of sp³-hybridized carbons (Fsp3) is 0.100. The molecule has 94 valence electrons. The van der Waals surface area contributed by atoms with Crippen molar-refractivity contribution in [2.45, 2.75) is 5.75 Å². The van der Waals surface area contributed by atoms with Gasteiger partial charge in [-0.25, -0.2) is 28.5 Å². The molecule has 0 aliphatic heterocycles. The van der Waals surface area contributed by atoms with E-state index in [9.17, 15) is 8.42 Å². The Labute approximate surface area is 104 Å². The Kier molecular flexibility index (Phi) is 3.49. The smallest absolute Gasteiger partial charge is 0.230 e. The van der Waals surface area contributed by atoms with E-state index >= 15 is 0 Å². The average Bonchev–Trinajstić information content (AvgIpc) is 2.28. The molecule has 0 saturated heterocycles. The van der Waals surface area contributed by atoms with E-state index in [-0.39, 0.29) is 5.75 Å². The molecule has 0 spiro atoms. The van der Waals surface area contributed by atoms with Gasteiger partial charge < -0.3 is 5.32 Å². The van der Waals surface area contributed by atoms with Gasteiger partial charge in [0.15, 0.2) is 0 Å². The van der Waals surface area contributed by atoms with Gasteiger partial charge in [-0.05, 0) is 17.7 Å². The third-order valence-corrected chi connectivity index (χ3v) is 2.78. The third-order valence-electron chi connectivity index (χ3n) is 2.04. The van der Waals surface area contributed by atoms with Gasteiger partial charge in [-0.2, -0.15) is 0 Å². The second-order valence-corrected chi connectivity index (χ2v) is 5.21. The van der Waals surface area contributed by atoms with Crippen molar-refractivity contribution in [2.75, 3.05) is 5.32 Å². The molecular weight excluding hydrogens is 254 g/mol. The predicted octanol–water partition coefficient (Wildman–Crippen LogP) is 0.404. The lowest BCUT2D eigenvalue weighted by molar-refractivity contribution is 0.597. The summed E-state index contributed by atoms with van der Waals surface area (Å²) >= 11 is 0. The Morgan fingerprint density at radius 1 is 1.22 bits per heavy atom. The summed E-state index contributed by atoms with van der Waals surface area (Å²) in [5.74, 6) is 0.178. The molecule has 0 amide bonds.